The van der Waals surface area contributed by atoms with Gasteiger partial charge in [-0.25, -0.2) is 0 Å². The molecule has 1 atom stereocenters. The number of amides is 2. The Kier molecular flexibility index (Phi) is 11.1. The Morgan fingerprint density at radius 3 is 1.93 bits per heavy atom. The van der Waals surface area contributed by atoms with E-state index in [-0.39, 0.29) is 37.0 Å². The van der Waals surface area contributed by atoms with E-state index < -0.39 is 11.9 Å². The van der Waals surface area contributed by atoms with Crippen LogP contribution >= 0.6 is 0 Å². The Morgan fingerprint density at radius 2 is 1.34 bits per heavy atom. The molecule has 2 aromatic rings. The molecule has 0 saturated carbocycles. The topological polar surface area (TPSA) is 121 Å². The quantitative estimate of drug-likeness (QED) is 0.231. The number of nitrogens with zero attached hydrogens (tertiary/aromatic N) is 2. The molecular weight excluding hydrogens is 568 g/mol. The summed E-state index contributed by atoms with van der Waals surface area (Å²) in [6.07, 6.45) is 1.73. The van der Waals surface area contributed by atoms with Crippen molar-refractivity contribution >= 4 is 23.8 Å². The maximum absolute atomic E-state index is 12.8. The average molecular weight is 611 g/mol. The monoisotopic (exact) mass is 610 g/mol. The van der Waals surface area contributed by atoms with Gasteiger partial charge in [-0.1, -0.05) is 6.92 Å². The van der Waals surface area contributed by atoms with Crippen molar-refractivity contribution in [3.8, 4) is 17.2 Å². The molecule has 0 fully saturated rings. The fourth-order valence-electron chi connectivity index (χ4n) is 5.62. The van der Waals surface area contributed by atoms with Crippen molar-refractivity contribution in [1.82, 2.24) is 9.80 Å². The first-order chi connectivity index (χ1) is 21.2. The highest BCUT2D eigenvalue weighted by Gasteiger charge is 2.29. The number of carbonyl (C=O) groups excluding carboxylic acids is 4. The molecule has 1 unspecified atom stereocenters. The van der Waals surface area contributed by atoms with Crippen LogP contribution in [-0.2, 0) is 61.3 Å². The Balaban J connectivity index is 1.32. The van der Waals surface area contributed by atoms with Gasteiger partial charge in [-0.3, -0.25) is 19.2 Å². The first-order valence-corrected chi connectivity index (χ1v) is 15.0. The highest BCUT2D eigenvalue weighted by atomic mass is 16.5. The molecule has 0 bridgehead atoms. The van der Waals surface area contributed by atoms with Gasteiger partial charge in [0.25, 0.3) is 0 Å². The number of hydrogen-bond donors (Lipinski definition) is 0. The SMILES string of the molecule is CCOC(=O)CCC(=O)N1Cc2cc(CCCOc3cc4c(cc3OC)CN(C(=O)CC(C)C(=O)OC)C4)c(OC)cc2C1. The highest BCUT2D eigenvalue weighted by Crippen LogP contribution is 2.36. The lowest BCUT2D eigenvalue weighted by molar-refractivity contribution is -0.148. The van der Waals surface area contributed by atoms with Crippen molar-refractivity contribution in [2.45, 2.75) is 72.1 Å². The van der Waals surface area contributed by atoms with E-state index in [0.717, 1.165) is 33.6 Å². The van der Waals surface area contributed by atoms with Gasteiger partial charge >= 0.3 is 11.9 Å². The molecule has 0 radical (unpaired) electrons. The van der Waals surface area contributed by atoms with E-state index in [9.17, 15) is 19.2 Å². The zero-order valence-corrected chi connectivity index (χ0v) is 26.2. The van der Waals surface area contributed by atoms with Gasteiger partial charge in [0, 0.05) is 39.0 Å². The van der Waals surface area contributed by atoms with Crippen LogP contribution in [0.2, 0.25) is 0 Å². The zero-order chi connectivity index (χ0) is 31.8. The van der Waals surface area contributed by atoms with Gasteiger partial charge in [-0.2, -0.15) is 0 Å². The van der Waals surface area contributed by atoms with Crippen molar-refractivity contribution in [2.75, 3.05) is 34.5 Å². The van der Waals surface area contributed by atoms with Crippen LogP contribution in [0.3, 0.4) is 0 Å². The molecular formula is C33H42N2O9. The number of fused-ring (bicyclic) bond motifs is 2. The zero-order valence-electron chi connectivity index (χ0n) is 26.2. The number of methoxy groups -OCH3 is 3. The maximum Gasteiger partial charge on any atom is 0.308 e. The summed E-state index contributed by atoms with van der Waals surface area (Å²) in [5.74, 6) is 0.544. The van der Waals surface area contributed by atoms with Crippen LogP contribution in [0.5, 0.6) is 17.2 Å². The molecule has 0 spiro atoms. The summed E-state index contributed by atoms with van der Waals surface area (Å²) in [7, 11) is 4.55. The van der Waals surface area contributed by atoms with Gasteiger partial charge < -0.3 is 33.5 Å². The fourth-order valence-corrected chi connectivity index (χ4v) is 5.62. The van der Waals surface area contributed by atoms with Gasteiger partial charge in [0.2, 0.25) is 11.8 Å². The summed E-state index contributed by atoms with van der Waals surface area (Å²) < 4.78 is 27.1. The van der Waals surface area contributed by atoms with Gasteiger partial charge in [0.15, 0.2) is 11.5 Å². The molecule has 0 N–H and O–H groups in total. The molecule has 0 saturated heterocycles. The molecule has 2 amide bonds. The van der Waals surface area contributed by atoms with Crippen LogP contribution in [-0.4, -0.2) is 68.1 Å². The number of aryl methyl sites for hydroxylation is 1. The predicted molar refractivity (Wildman–Crippen MR) is 160 cm³/mol. The predicted octanol–water partition coefficient (Wildman–Crippen LogP) is 3.94. The number of hydrogen-bond acceptors (Lipinski definition) is 9. The number of esters is 2. The minimum absolute atomic E-state index is 0.0743. The standard InChI is InChI=1S/C33H42N2O9/c1-6-43-32(38)10-9-30(36)34-17-23-13-22(27(40-3)14-24(23)18-34)8-7-11-44-29-16-26-20-35(19-25(26)15-28(29)41-4)31(37)12-21(2)33(39)42-5/h13-16,21H,6-12,17-20H2,1-5H3. The van der Waals surface area contributed by atoms with Crippen LogP contribution in [0, 0.1) is 5.92 Å². The summed E-state index contributed by atoms with van der Waals surface area (Å²) in [4.78, 5) is 52.4. The number of carbonyl (C=O) groups is 4. The van der Waals surface area contributed by atoms with Crippen molar-refractivity contribution < 1.29 is 42.9 Å². The molecule has 0 aromatic heterocycles. The summed E-state index contributed by atoms with van der Waals surface area (Å²) in [6.45, 7) is 6.05. The van der Waals surface area contributed by atoms with E-state index in [0.29, 0.717) is 63.7 Å². The van der Waals surface area contributed by atoms with Crippen molar-refractivity contribution in [3.63, 3.8) is 0 Å². The van der Waals surface area contributed by atoms with Gasteiger partial charge in [-0.05, 0) is 71.8 Å². The minimum Gasteiger partial charge on any atom is -0.496 e. The Bertz CT molecular complexity index is 1390. The van der Waals surface area contributed by atoms with Crippen molar-refractivity contribution in [3.05, 3.63) is 52.1 Å². The number of ether oxygens (including phenoxy) is 5. The minimum atomic E-state index is -0.502. The number of rotatable bonds is 14. The molecule has 11 heteroatoms. The highest BCUT2D eigenvalue weighted by molar-refractivity contribution is 5.83. The first-order valence-electron chi connectivity index (χ1n) is 15.0. The second-order valence-electron chi connectivity index (χ2n) is 11.1. The van der Waals surface area contributed by atoms with Crippen LogP contribution in [0.25, 0.3) is 0 Å². The second-order valence-corrected chi connectivity index (χ2v) is 11.1. The third-order valence-electron chi connectivity index (χ3n) is 8.02. The molecule has 0 aliphatic carbocycles. The molecule has 2 aromatic carbocycles. The van der Waals surface area contributed by atoms with Crippen LogP contribution in [0.15, 0.2) is 24.3 Å². The van der Waals surface area contributed by atoms with E-state index in [2.05, 4.69) is 6.07 Å². The maximum atomic E-state index is 12.8. The van der Waals surface area contributed by atoms with E-state index in [1.165, 1.54) is 7.11 Å². The molecule has 238 valence electrons. The van der Waals surface area contributed by atoms with E-state index in [4.69, 9.17) is 23.7 Å². The van der Waals surface area contributed by atoms with Gasteiger partial charge in [0.05, 0.1) is 46.9 Å². The molecule has 44 heavy (non-hydrogen) atoms. The third-order valence-corrected chi connectivity index (χ3v) is 8.02. The van der Waals surface area contributed by atoms with Crippen LogP contribution < -0.4 is 14.2 Å². The Labute approximate surface area is 258 Å². The fraction of sp³-hybridized carbons (Fsp3) is 0.515. The molecule has 2 aliphatic rings. The summed E-state index contributed by atoms with van der Waals surface area (Å²) in [5, 5.41) is 0. The normalized spacial score (nSPS) is 14.0. The lowest BCUT2D eigenvalue weighted by atomic mass is 10.0. The Hall–Kier alpha value is -4.28. The summed E-state index contributed by atoms with van der Waals surface area (Å²) in [6, 6.07) is 7.92. The van der Waals surface area contributed by atoms with Crippen LogP contribution in [0.4, 0.5) is 0 Å². The smallest absolute Gasteiger partial charge is 0.308 e. The molecule has 2 aliphatic heterocycles. The molecule has 2 heterocycles. The largest absolute Gasteiger partial charge is 0.496 e. The van der Waals surface area contributed by atoms with Gasteiger partial charge in [0.1, 0.15) is 5.75 Å². The van der Waals surface area contributed by atoms with E-state index in [1.54, 1.807) is 37.9 Å². The van der Waals surface area contributed by atoms with Gasteiger partial charge in [-0.15, -0.1) is 0 Å². The first kappa shape index (κ1) is 32.6. The summed E-state index contributed by atoms with van der Waals surface area (Å²) >= 11 is 0. The molecule has 11 nitrogen and oxygen atoms in total. The average Bonchev–Trinajstić information content (AvgIpc) is 3.64. The third kappa shape index (κ3) is 7.81. The lowest BCUT2D eigenvalue weighted by Crippen LogP contribution is -2.29. The second kappa shape index (κ2) is 14.9. The Morgan fingerprint density at radius 1 is 0.773 bits per heavy atom. The van der Waals surface area contributed by atoms with E-state index in [1.807, 2.05) is 18.2 Å². The van der Waals surface area contributed by atoms with Crippen LogP contribution in [0.1, 0.15) is 67.3 Å². The van der Waals surface area contributed by atoms with Crippen molar-refractivity contribution in [2.24, 2.45) is 5.92 Å². The molecule has 4 rings (SSSR count). The van der Waals surface area contributed by atoms with Crippen molar-refractivity contribution in [1.29, 1.82) is 0 Å². The number of benzene rings is 2. The summed E-state index contributed by atoms with van der Waals surface area (Å²) in [5.41, 5.74) is 5.13. The van der Waals surface area contributed by atoms with E-state index >= 15 is 0 Å². The lowest BCUT2D eigenvalue weighted by Gasteiger charge is -2.17.